The Morgan fingerprint density at radius 2 is 2.25 bits per heavy atom. The average molecular weight is 260 g/mol. The highest BCUT2D eigenvalue weighted by atomic mass is 35.5. The summed E-state index contributed by atoms with van der Waals surface area (Å²) >= 11 is 7.38. The lowest BCUT2D eigenvalue weighted by Gasteiger charge is -2.08. The first-order chi connectivity index (χ1) is 7.88. The fourth-order valence-corrected chi connectivity index (χ4v) is 3.12. The van der Waals surface area contributed by atoms with Crippen molar-refractivity contribution in [3.8, 4) is 0 Å². The first-order valence-electron chi connectivity index (χ1n) is 5.95. The maximum Gasteiger partial charge on any atom is 0.0951 e. The average Bonchev–Trinajstić information content (AvgIpc) is 2.95. The molecule has 1 fully saturated rings. The van der Waals surface area contributed by atoms with Crippen LogP contribution in [-0.2, 0) is 17.0 Å². The molecule has 2 nitrogen and oxygen atoms in total. The van der Waals surface area contributed by atoms with Crippen molar-refractivity contribution in [2.24, 2.45) is 5.92 Å². The van der Waals surface area contributed by atoms with Crippen molar-refractivity contribution >= 4 is 22.9 Å². The summed E-state index contributed by atoms with van der Waals surface area (Å²) in [5.74, 6) is 1.33. The molecule has 0 aliphatic heterocycles. The summed E-state index contributed by atoms with van der Waals surface area (Å²) in [5.41, 5.74) is 0.984. The summed E-state index contributed by atoms with van der Waals surface area (Å²) in [5, 5.41) is 3.17. The highest BCUT2D eigenvalue weighted by molar-refractivity contribution is 7.09. The van der Waals surface area contributed by atoms with Crippen LogP contribution in [0.4, 0.5) is 0 Å². The molecule has 0 saturated heterocycles. The van der Waals surface area contributed by atoms with Crippen molar-refractivity contribution in [3.05, 3.63) is 16.1 Å². The number of rotatable bonds is 6. The zero-order valence-electron chi connectivity index (χ0n) is 9.45. The lowest BCUT2D eigenvalue weighted by atomic mass is 10.1. The lowest BCUT2D eigenvalue weighted by Crippen LogP contribution is -2.07. The van der Waals surface area contributed by atoms with E-state index in [1.807, 2.05) is 5.38 Å². The van der Waals surface area contributed by atoms with Gasteiger partial charge in [-0.2, -0.15) is 0 Å². The van der Waals surface area contributed by atoms with E-state index in [-0.39, 0.29) is 0 Å². The van der Waals surface area contributed by atoms with Crippen LogP contribution in [0.3, 0.4) is 0 Å². The molecule has 2 rings (SSSR count). The molecule has 1 aromatic heterocycles. The minimum Gasteiger partial charge on any atom is -0.381 e. The van der Waals surface area contributed by atoms with Gasteiger partial charge in [-0.15, -0.1) is 22.9 Å². The number of hydrogen-bond acceptors (Lipinski definition) is 3. The first kappa shape index (κ1) is 12.3. The maximum absolute atomic E-state index is 5.70. The molecule has 90 valence electrons. The Labute approximate surface area is 106 Å². The second kappa shape index (κ2) is 6.58. The van der Waals surface area contributed by atoms with Crippen LogP contribution in [0.25, 0.3) is 0 Å². The molecule has 1 aliphatic rings. The van der Waals surface area contributed by atoms with Crippen molar-refractivity contribution in [2.45, 2.75) is 38.0 Å². The molecule has 1 heterocycles. The first-order valence-corrected chi connectivity index (χ1v) is 7.37. The minimum atomic E-state index is 0.513. The van der Waals surface area contributed by atoms with Crippen LogP contribution in [0.5, 0.6) is 0 Å². The van der Waals surface area contributed by atoms with Gasteiger partial charge >= 0.3 is 0 Å². The molecule has 16 heavy (non-hydrogen) atoms. The molecular formula is C12H18ClNOS. The summed E-state index contributed by atoms with van der Waals surface area (Å²) in [6.45, 7) is 1.74. The van der Waals surface area contributed by atoms with Crippen molar-refractivity contribution in [3.63, 3.8) is 0 Å². The molecule has 1 aromatic rings. The molecule has 1 saturated carbocycles. The van der Waals surface area contributed by atoms with Gasteiger partial charge in [0.1, 0.15) is 0 Å². The Morgan fingerprint density at radius 3 is 2.94 bits per heavy atom. The van der Waals surface area contributed by atoms with E-state index in [1.165, 1.54) is 25.7 Å². The van der Waals surface area contributed by atoms with E-state index in [1.54, 1.807) is 11.3 Å². The van der Waals surface area contributed by atoms with Crippen LogP contribution in [0.15, 0.2) is 5.38 Å². The molecule has 1 aliphatic carbocycles. The van der Waals surface area contributed by atoms with E-state index in [2.05, 4.69) is 4.98 Å². The van der Waals surface area contributed by atoms with E-state index in [0.29, 0.717) is 5.88 Å². The summed E-state index contributed by atoms with van der Waals surface area (Å²) in [7, 11) is 0. The number of hydrogen-bond donors (Lipinski definition) is 0. The van der Waals surface area contributed by atoms with E-state index < -0.39 is 0 Å². The molecule has 0 radical (unpaired) electrons. The van der Waals surface area contributed by atoms with Crippen molar-refractivity contribution in [1.82, 2.24) is 4.98 Å². The number of thiazole rings is 1. The summed E-state index contributed by atoms with van der Waals surface area (Å²) in [6, 6.07) is 0. The smallest absolute Gasteiger partial charge is 0.0951 e. The van der Waals surface area contributed by atoms with Crippen molar-refractivity contribution in [1.29, 1.82) is 0 Å². The third-order valence-electron chi connectivity index (χ3n) is 3.02. The van der Waals surface area contributed by atoms with Crippen molar-refractivity contribution in [2.75, 3.05) is 13.2 Å². The van der Waals surface area contributed by atoms with Gasteiger partial charge in [0.25, 0.3) is 0 Å². The Kier molecular flexibility index (Phi) is 5.07. The molecular weight excluding hydrogens is 242 g/mol. The van der Waals surface area contributed by atoms with Gasteiger partial charge < -0.3 is 4.74 Å². The van der Waals surface area contributed by atoms with E-state index in [9.17, 15) is 0 Å². The quantitative estimate of drug-likeness (QED) is 0.575. The lowest BCUT2D eigenvalue weighted by molar-refractivity contribution is 0.104. The predicted molar refractivity (Wildman–Crippen MR) is 68.2 cm³/mol. The molecule has 0 atom stereocenters. The molecule has 4 heteroatoms. The Bertz CT molecular complexity index is 310. The van der Waals surface area contributed by atoms with Gasteiger partial charge in [0.15, 0.2) is 0 Å². The molecule has 0 aromatic carbocycles. The fraction of sp³-hybridized carbons (Fsp3) is 0.750. The fourth-order valence-electron chi connectivity index (χ4n) is 2.11. The molecule has 0 bridgehead atoms. The van der Waals surface area contributed by atoms with Gasteiger partial charge in [-0.3, -0.25) is 0 Å². The van der Waals surface area contributed by atoms with Crippen molar-refractivity contribution < 1.29 is 4.74 Å². The van der Waals surface area contributed by atoms with Crippen LogP contribution >= 0.6 is 22.9 Å². The van der Waals surface area contributed by atoms with E-state index >= 15 is 0 Å². The Morgan fingerprint density at radius 1 is 1.44 bits per heavy atom. The number of aromatic nitrogens is 1. The van der Waals surface area contributed by atoms with Gasteiger partial charge in [-0.25, -0.2) is 4.98 Å². The third-order valence-corrected chi connectivity index (χ3v) is 4.26. The topological polar surface area (TPSA) is 22.1 Å². The monoisotopic (exact) mass is 259 g/mol. The predicted octanol–water partition coefficient (Wildman–Crippen LogP) is 3.63. The second-order valence-electron chi connectivity index (χ2n) is 4.34. The van der Waals surface area contributed by atoms with Crippen LogP contribution in [-0.4, -0.2) is 18.2 Å². The SMILES string of the molecule is ClCc1csc(CCOCC2CCCC2)n1. The van der Waals surface area contributed by atoms with Gasteiger partial charge in [0.05, 0.1) is 23.2 Å². The highest BCUT2D eigenvalue weighted by Gasteiger charge is 2.14. The van der Waals surface area contributed by atoms with Gasteiger partial charge in [0, 0.05) is 18.4 Å². The molecule has 0 N–H and O–H groups in total. The summed E-state index contributed by atoms with van der Waals surface area (Å²) in [6.07, 6.45) is 6.41. The Hall–Kier alpha value is -0.120. The van der Waals surface area contributed by atoms with E-state index in [0.717, 1.165) is 36.3 Å². The van der Waals surface area contributed by atoms with Crippen LogP contribution in [0, 0.1) is 5.92 Å². The number of ether oxygens (including phenoxy) is 1. The van der Waals surface area contributed by atoms with Crippen LogP contribution in [0.1, 0.15) is 36.4 Å². The number of alkyl halides is 1. The summed E-state index contributed by atoms with van der Waals surface area (Å²) in [4.78, 5) is 4.40. The molecule has 0 unspecified atom stereocenters. The largest absolute Gasteiger partial charge is 0.381 e. The summed E-state index contributed by atoms with van der Waals surface area (Å²) < 4.78 is 5.70. The van der Waals surface area contributed by atoms with Crippen LogP contribution < -0.4 is 0 Å². The zero-order valence-corrected chi connectivity index (χ0v) is 11.0. The van der Waals surface area contributed by atoms with E-state index in [4.69, 9.17) is 16.3 Å². The maximum atomic E-state index is 5.70. The van der Waals surface area contributed by atoms with Gasteiger partial charge in [-0.1, -0.05) is 12.8 Å². The Balaban J connectivity index is 1.60. The standard InChI is InChI=1S/C12H18ClNOS/c13-7-11-9-16-12(14-11)5-6-15-8-10-3-1-2-4-10/h9-10H,1-8H2. The number of nitrogens with zero attached hydrogens (tertiary/aromatic N) is 1. The highest BCUT2D eigenvalue weighted by Crippen LogP contribution is 2.24. The second-order valence-corrected chi connectivity index (χ2v) is 5.55. The molecule has 0 amide bonds. The van der Waals surface area contributed by atoms with Crippen LogP contribution in [0.2, 0.25) is 0 Å². The third kappa shape index (κ3) is 3.72. The van der Waals surface area contributed by atoms with Gasteiger partial charge in [0.2, 0.25) is 0 Å². The minimum absolute atomic E-state index is 0.513. The number of halogens is 1. The van der Waals surface area contributed by atoms with Gasteiger partial charge in [-0.05, 0) is 18.8 Å². The normalized spacial score (nSPS) is 17.1. The molecule has 0 spiro atoms. The zero-order chi connectivity index (χ0) is 11.2.